The molecule has 0 spiro atoms. The van der Waals surface area contributed by atoms with Crippen molar-refractivity contribution >= 4 is 11.5 Å². The van der Waals surface area contributed by atoms with Gasteiger partial charge in [-0.05, 0) is 13.8 Å². The van der Waals surface area contributed by atoms with Crippen LogP contribution in [0.15, 0.2) is 9.59 Å². The predicted molar refractivity (Wildman–Crippen MR) is 67.9 cm³/mol. The molecule has 1 unspecified atom stereocenters. The smallest absolute Gasteiger partial charge is 0.330 e. The van der Waals surface area contributed by atoms with Crippen LogP contribution in [0.5, 0.6) is 0 Å². The average molecular weight is 236 g/mol. The van der Waals surface area contributed by atoms with E-state index in [4.69, 9.17) is 12.2 Å². The molecule has 1 rings (SSSR count). The maximum atomic E-state index is 11.6. The van der Waals surface area contributed by atoms with Crippen LogP contribution in [-0.2, 0) is 6.54 Å². The number of nitrogens with two attached hydrogens (primary N) is 1. The second-order valence-electron chi connectivity index (χ2n) is 3.72. The van der Waals surface area contributed by atoms with E-state index in [-0.39, 0.29) is 17.5 Å². The third-order valence-corrected chi connectivity index (χ3v) is 2.37. The van der Waals surface area contributed by atoms with Gasteiger partial charge in [-0.1, -0.05) is 0 Å². The molecule has 0 radical (unpaired) electrons. The monoisotopic (exact) mass is 236 g/mol. The van der Waals surface area contributed by atoms with Crippen LogP contribution in [0.3, 0.4) is 0 Å². The van der Waals surface area contributed by atoms with Crippen LogP contribution >= 0.6 is 0 Å². The molecule has 0 saturated heterocycles. The molecule has 0 aliphatic rings. The first kappa shape index (κ1) is 12.9. The third-order valence-electron chi connectivity index (χ3n) is 2.37. The first-order valence-corrected chi connectivity index (χ1v) is 5.33. The average Bonchev–Trinajstić information content (AvgIpc) is 2.25. The molecule has 0 bridgehead atoms. The standard InChI is InChI=1S/C11H16N4O2/c1-4-6-7(3)13-8-9(12)15(5-2)11(17)14-10(8)16/h1,7,13H,5-6,12H2,2-3H3,(H,14,16,17). The molecule has 0 aliphatic heterocycles. The van der Waals surface area contributed by atoms with Gasteiger partial charge in [0.2, 0.25) is 0 Å². The van der Waals surface area contributed by atoms with Gasteiger partial charge in [-0.3, -0.25) is 14.3 Å². The summed E-state index contributed by atoms with van der Waals surface area (Å²) in [5, 5.41) is 2.91. The number of nitrogen functional groups attached to an aromatic ring is 1. The Balaban J connectivity index is 3.21. The van der Waals surface area contributed by atoms with Gasteiger partial charge in [-0.15, -0.1) is 12.3 Å². The van der Waals surface area contributed by atoms with Crippen LogP contribution in [0.25, 0.3) is 0 Å². The summed E-state index contributed by atoms with van der Waals surface area (Å²) in [5.74, 6) is 2.61. The molecule has 17 heavy (non-hydrogen) atoms. The molecule has 1 heterocycles. The molecule has 4 N–H and O–H groups in total. The minimum atomic E-state index is -0.527. The molecule has 6 nitrogen and oxygen atoms in total. The van der Waals surface area contributed by atoms with Gasteiger partial charge in [-0.2, -0.15) is 0 Å². The summed E-state index contributed by atoms with van der Waals surface area (Å²) in [6.45, 7) is 3.99. The fourth-order valence-electron chi connectivity index (χ4n) is 1.52. The second kappa shape index (κ2) is 5.25. The summed E-state index contributed by atoms with van der Waals surface area (Å²) in [7, 11) is 0. The van der Waals surface area contributed by atoms with E-state index in [9.17, 15) is 9.59 Å². The van der Waals surface area contributed by atoms with Crippen LogP contribution in [-0.4, -0.2) is 15.6 Å². The maximum absolute atomic E-state index is 11.6. The molecular weight excluding hydrogens is 220 g/mol. The van der Waals surface area contributed by atoms with E-state index in [1.807, 2.05) is 6.92 Å². The Morgan fingerprint density at radius 1 is 1.59 bits per heavy atom. The summed E-state index contributed by atoms with van der Waals surface area (Å²) >= 11 is 0. The molecule has 0 aromatic carbocycles. The van der Waals surface area contributed by atoms with Crippen molar-refractivity contribution in [2.45, 2.75) is 32.9 Å². The Kier molecular flexibility index (Phi) is 3.99. The number of hydrogen-bond acceptors (Lipinski definition) is 4. The van der Waals surface area contributed by atoms with Gasteiger partial charge >= 0.3 is 5.69 Å². The van der Waals surface area contributed by atoms with Gasteiger partial charge in [0.15, 0.2) is 0 Å². The normalized spacial score (nSPS) is 11.8. The SMILES string of the molecule is C#CCC(C)Nc1c(N)n(CC)c(=O)[nH]c1=O. The maximum Gasteiger partial charge on any atom is 0.330 e. The molecule has 0 fully saturated rings. The van der Waals surface area contributed by atoms with Crippen molar-refractivity contribution in [1.82, 2.24) is 9.55 Å². The van der Waals surface area contributed by atoms with Gasteiger partial charge in [0.05, 0.1) is 0 Å². The van der Waals surface area contributed by atoms with Crippen molar-refractivity contribution in [1.29, 1.82) is 0 Å². The second-order valence-corrected chi connectivity index (χ2v) is 3.72. The molecule has 0 aliphatic carbocycles. The molecule has 1 atom stereocenters. The molecule has 0 amide bonds. The molecule has 1 aromatic rings. The van der Waals surface area contributed by atoms with Crippen molar-refractivity contribution in [2.24, 2.45) is 0 Å². The van der Waals surface area contributed by atoms with Gasteiger partial charge in [0.1, 0.15) is 11.5 Å². The lowest BCUT2D eigenvalue weighted by Gasteiger charge is -2.15. The number of rotatable bonds is 4. The van der Waals surface area contributed by atoms with E-state index in [0.29, 0.717) is 13.0 Å². The van der Waals surface area contributed by atoms with Crippen molar-refractivity contribution in [3.63, 3.8) is 0 Å². The van der Waals surface area contributed by atoms with Gasteiger partial charge < -0.3 is 11.1 Å². The van der Waals surface area contributed by atoms with E-state index >= 15 is 0 Å². The number of aromatic amines is 1. The van der Waals surface area contributed by atoms with Crippen LogP contribution < -0.4 is 22.3 Å². The summed E-state index contributed by atoms with van der Waals surface area (Å²) < 4.78 is 1.28. The van der Waals surface area contributed by atoms with E-state index < -0.39 is 11.2 Å². The van der Waals surface area contributed by atoms with Crippen LogP contribution in [0.1, 0.15) is 20.3 Å². The van der Waals surface area contributed by atoms with Crippen molar-refractivity contribution < 1.29 is 0 Å². The van der Waals surface area contributed by atoms with Crippen molar-refractivity contribution in [3.05, 3.63) is 20.8 Å². The Morgan fingerprint density at radius 2 is 2.24 bits per heavy atom. The van der Waals surface area contributed by atoms with Crippen molar-refractivity contribution in [2.75, 3.05) is 11.1 Å². The summed E-state index contributed by atoms with van der Waals surface area (Å²) in [5.41, 5.74) is 4.92. The molecule has 6 heteroatoms. The number of anilines is 2. The van der Waals surface area contributed by atoms with E-state index in [0.717, 1.165) is 0 Å². The highest BCUT2D eigenvalue weighted by Gasteiger charge is 2.12. The molecule has 1 aromatic heterocycles. The summed E-state index contributed by atoms with van der Waals surface area (Å²) in [6.07, 6.45) is 5.64. The quantitative estimate of drug-likeness (QED) is 0.640. The highest BCUT2D eigenvalue weighted by atomic mass is 16.2. The van der Waals surface area contributed by atoms with Gasteiger partial charge in [0, 0.05) is 19.0 Å². The minimum absolute atomic E-state index is 0.0915. The van der Waals surface area contributed by atoms with E-state index in [2.05, 4.69) is 16.2 Å². The zero-order valence-electron chi connectivity index (χ0n) is 9.91. The Bertz CT molecular complexity index is 550. The van der Waals surface area contributed by atoms with Crippen LogP contribution in [0.2, 0.25) is 0 Å². The first-order valence-electron chi connectivity index (χ1n) is 5.33. The highest BCUT2D eigenvalue weighted by molar-refractivity contribution is 5.60. The minimum Gasteiger partial charge on any atom is -0.383 e. The molecular formula is C11H16N4O2. The number of hydrogen-bond donors (Lipinski definition) is 3. The number of H-pyrrole nitrogens is 1. The zero-order valence-corrected chi connectivity index (χ0v) is 9.91. The fraction of sp³-hybridized carbons (Fsp3) is 0.455. The van der Waals surface area contributed by atoms with Crippen molar-refractivity contribution in [3.8, 4) is 12.3 Å². The zero-order chi connectivity index (χ0) is 13.0. The number of terminal acetylenes is 1. The van der Waals surface area contributed by atoms with Gasteiger partial charge in [0.25, 0.3) is 5.56 Å². The van der Waals surface area contributed by atoms with E-state index in [1.165, 1.54) is 4.57 Å². The van der Waals surface area contributed by atoms with Crippen LogP contribution in [0.4, 0.5) is 11.5 Å². The number of aromatic nitrogens is 2. The first-order chi connectivity index (χ1) is 8.01. The molecule has 0 saturated carbocycles. The largest absolute Gasteiger partial charge is 0.383 e. The Labute approximate surface area is 98.8 Å². The highest BCUT2D eigenvalue weighted by Crippen LogP contribution is 2.11. The lowest BCUT2D eigenvalue weighted by molar-refractivity contribution is 0.702. The summed E-state index contributed by atoms with van der Waals surface area (Å²) in [4.78, 5) is 25.2. The molecule has 92 valence electrons. The third kappa shape index (κ3) is 2.69. The lowest BCUT2D eigenvalue weighted by Crippen LogP contribution is -2.35. The number of nitrogens with one attached hydrogen (secondary N) is 2. The fourth-order valence-corrected chi connectivity index (χ4v) is 1.52. The lowest BCUT2D eigenvalue weighted by atomic mass is 10.2. The van der Waals surface area contributed by atoms with Crippen LogP contribution in [0, 0.1) is 12.3 Å². The van der Waals surface area contributed by atoms with Gasteiger partial charge in [-0.25, -0.2) is 4.79 Å². The Hall–Kier alpha value is -2.16. The predicted octanol–water partition coefficient (Wildman–Crippen LogP) is -0.0376. The topological polar surface area (TPSA) is 92.9 Å². The number of nitrogens with zero attached hydrogens (tertiary/aromatic N) is 1. The Morgan fingerprint density at radius 3 is 2.76 bits per heavy atom. The van der Waals surface area contributed by atoms with E-state index in [1.54, 1.807) is 6.92 Å². The summed E-state index contributed by atoms with van der Waals surface area (Å²) in [6, 6.07) is -0.0915.